The fraction of sp³-hybridized carbons (Fsp3) is 0.857. The molecule has 110 valence electrons. The maximum atomic E-state index is 11.8. The summed E-state index contributed by atoms with van der Waals surface area (Å²) in [6.45, 7) is 4.04. The molecule has 0 aromatic rings. The first-order chi connectivity index (χ1) is 8.80. The number of aliphatic carboxylic acids is 1. The lowest BCUT2D eigenvalue weighted by Gasteiger charge is -2.28. The minimum atomic E-state index is -0.888. The number of carbonyl (C=O) groups excluding carboxylic acids is 1. The molecule has 5 heteroatoms. The molecule has 0 saturated heterocycles. The molecule has 1 aliphatic carbocycles. The molecule has 0 aliphatic heterocycles. The van der Waals surface area contributed by atoms with E-state index >= 15 is 0 Å². The van der Waals surface area contributed by atoms with E-state index in [9.17, 15) is 14.7 Å². The van der Waals surface area contributed by atoms with Gasteiger partial charge in [0.1, 0.15) is 0 Å². The van der Waals surface area contributed by atoms with Crippen LogP contribution in [-0.4, -0.2) is 34.7 Å². The van der Waals surface area contributed by atoms with Crippen molar-refractivity contribution >= 4 is 11.9 Å². The Kier molecular flexibility index (Phi) is 5.79. The maximum Gasteiger partial charge on any atom is 0.303 e. The Morgan fingerprint density at radius 1 is 1.21 bits per heavy atom. The van der Waals surface area contributed by atoms with Gasteiger partial charge in [-0.2, -0.15) is 0 Å². The van der Waals surface area contributed by atoms with Crippen LogP contribution in [0.15, 0.2) is 0 Å². The Morgan fingerprint density at radius 3 is 2.42 bits per heavy atom. The van der Waals surface area contributed by atoms with Gasteiger partial charge in [0, 0.05) is 18.9 Å². The lowest BCUT2D eigenvalue weighted by atomic mass is 9.84. The molecule has 0 heterocycles. The van der Waals surface area contributed by atoms with Crippen LogP contribution in [0.3, 0.4) is 0 Å². The van der Waals surface area contributed by atoms with Crippen molar-refractivity contribution in [2.75, 3.05) is 6.54 Å². The summed E-state index contributed by atoms with van der Waals surface area (Å²) < 4.78 is 0. The van der Waals surface area contributed by atoms with Gasteiger partial charge in [-0.1, -0.05) is 26.7 Å². The summed E-state index contributed by atoms with van der Waals surface area (Å²) in [6, 6.07) is 0. The molecular weight excluding hydrogens is 246 g/mol. The predicted octanol–water partition coefficient (Wildman–Crippen LogP) is 1.54. The van der Waals surface area contributed by atoms with E-state index in [4.69, 9.17) is 5.11 Å². The average molecular weight is 271 g/mol. The molecule has 2 atom stereocenters. The minimum absolute atomic E-state index is 0.0214. The summed E-state index contributed by atoms with van der Waals surface area (Å²) >= 11 is 0. The summed E-state index contributed by atoms with van der Waals surface area (Å²) in [5, 5.41) is 21.4. The Labute approximate surface area is 114 Å². The molecule has 1 rings (SSSR count). The van der Waals surface area contributed by atoms with E-state index in [1.54, 1.807) is 13.8 Å². The van der Waals surface area contributed by atoms with Crippen LogP contribution < -0.4 is 5.32 Å². The number of carboxylic acids is 1. The fourth-order valence-corrected chi connectivity index (χ4v) is 2.64. The van der Waals surface area contributed by atoms with Crippen molar-refractivity contribution < 1.29 is 19.8 Å². The average Bonchev–Trinajstić information content (AvgIpc) is 2.25. The summed E-state index contributed by atoms with van der Waals surface area (Å²) in [5.74, 6) is -0.884. The highest BCUT2D eigenvalue weighted by Crippen LogP contribution is 2.26. The number of carboxylic acid groups (broad SMARTS) is 1. The van der Waals surface area contributed by atoms with Crippen molar-refractivity contribution in [1.29, 1.82) is 0 Å². The van der Waals surface area contributed by atoms with Gasteiger partial charge in [0.15, 0.2) is 0 Å². The number of aliphatic hydroxyl groups excluding tert-OH is 1. The van der Waals surface area contributed by atoms with Gasteiger partial charge in [0.25, 0.3) is 0 Å². The standard InChI is InChI=1S/C14H25NO4/c1-14(2,8-13(18)19)7-12(17)15-9-10-5-3-4-6-11(10)16/h10-11,16H,3-9H2,1-2H3,(H,15,17)(H,18,19). The third-order valence-electron chi connectivity index (χ3n) is 3.70. The van der Waals surface area contributed by atoms with Gasteiger partial charge in [-0.25, -0.2) is 0 Å². The summed E-state index contributed by atoms with van der Waals surface area (Å²) in [4.78, 5) is 22.5. The van der Waals surface area contributed by atoms with E-state index in [1.807, 2.05) is 0 Å². The van der Waals surface area contributed by atoms with Crippen LogP contribution in [0.25, 0.3) is 0 Å². The summed E-state index contributed by atoms with van der Waals surface area (Å²) in [5.41, 5.74) is -0.541. The largest absolute Gasteiger partial charge is 0.481 e. The van der Waals surface area contributed by atoms with Gasteiger partial charge in [0.2, 0.25) is 5.91 Å². The quantitative estimate of drug-likeness (QED) is 0.684. The molecule has 1 aliphatic rings. The second-order valence-corrected chi connectivity index (χ2v) is 6.33. The molecule has 0 bridgehead atoms. The zero-order valence-corrected chi connectivity index (χ0v) is 11.8. The molecule has 0 spiro atoms. The van der Waals surface area contributed by atoms with E-state index < -0.39 is 11.4 Å². The second-order valence-electron chi connectivity index (χ2n) is 6.33. The lowest BCUT2D eigenvalue weighted by molar-refractivity contribution is -0.139. The molecule has 1 fully saturated rings. The van der Waals surface area contributed by atoms with Crippen LogP contribution in [0.2, 0.25) is 0 Å². The van der Waals surface area contributed by atoms with Crippen molar-refractivity contribution in [3.8, 4) is 0 Å². The van der Waals surface area contributed by atoms with Gasteiger partial charge in [-0.15, -0.1) is 0 Å². The Balaban J connectivity index is 2.32. The van der Waals surface area contributed by atoms with E-state index in [0.717, 1.165) is 25.7 Å². The highest BCUT2D eigenvalue weighted by atomic mass is 16.4. The van der Waals surface area contributed by atoms with E-state index in [2.05, 4.69) is 5.32 Å². The predicted molar refractivity (Wildman–Crippen MR) is 71.6 cm³/mol. The monoisotopic (exact) mass is 271 g/mol. The lowest BCUT2D eigenvalue weighted by Crippen LogP contribution is -2.38. The highest BCUT2D eigenvalue weighted by Gasteiger charge is 2.27. The molecule has 0 aromatic heterocycles. The van der Waals surface area contributed by atoms with Gasteiger partial charge < -0.3 is 15.5 Å². The van der Waals surface area contributed by atoms with Crippen molar-refractivity contribution in [1.82, 2.24) is 5.32 Å². The SMILES string of the molecule is CC(C)(CC(=O)O)CC(=O)NCC1CCCCC1O. The van der Waals surface area contributed by atoms with E-state index in [-0.39, 0.29) is 30.8 Å². The number of amides is 1. The summed E-state index contributed by atoms with van der Waals surface area (Å²) in [7, 11) is 0. The van der Waals surface area contributed by atoms with Crippen LogP contribution in [-0.2, 0) is 9.59 Å². The molecule has 0 radical (unpaired) electrons. The topological polar surface area (TPSA) is 86.6 Å². The van der Waals surface area contributed by atoms with Gasteiger partial charge in [-0.05, 0) is 18.3 Å². The Hall–Kier alpha value is -1.10. The van der Waals surface area contributed by atoms with Crippen molar-refractivity contribution in [2.24, 2.45) is 11.3 Å². The number of rotatable bonds is 6. The third-order valence-corrected chi connectivity index (χ3v) is 3.70. The molecule has 5 nitrogen and oxygen atoms in total. The van der Waals surface area contributed by atoms with Crippen LogP contribution >= 0.6 is 0 Å². The first kappa shape index (κ1) is 16.0. The van der Waals surface area contributed by atoms with Crippen LogP contribution in [0, 0.1) is 11.3 Å². The molecule has 0 aromatic carbocycles. The molecule has 19 heavy (non-hydrogen) atoms. The number of hydrogen-bond acceptors (Lipinski definition) is 3. The van der Waals surface area contributed by atoms with E-state index in [1.165, 1.54) is 0 Å². The fourth-order valence-electron chi connectivity index (χ4n) is 2.64. The van der Waals surface area contributed by atoms with Crippen LogP contribution in [0.5, 0.6) is 0 Å². The van der Waals surface area contributed by atoms with Crippen LogP contribution in [0.1, 0.15) is 52.4 Å². The molecule has 3 N–H and O–H groups in total. The highest BCUT2D eigenvalue weighted by molar-refractivity contribution is 5.77. The van der Waals surface area contributed by atoms with Gasteiger partial charge >= 0.3 is 5.97 Å². The van der Waals surface area contributed by atoms with Gasteiger partial charge in [0.05, 0.1) is 12.5 Å². The minimum Gasteiger partial charge on any atom is -0.481 e. The number of aliphatic hydroxyl groups is 1. The zero-order valence-electron chi connectivity index (χ0n) is 11.8. The van der Waals surface area contributed by atoms with E-state index in [0.29, 0.717) is 6.54 Å². The smallest absolute Gasteiger partial charge is 0.303 e. The molecule has 1 saturated carbocycles. The first-order valence-corrected chi connectivity index (χ1v) is 6.97. The number of carbonyl (C=O) groups is 2. The Bertz CT molecular complexity index is 327. The van der Waals surface area contributed by atoms with Crippen molar-refractivity contribution in [2.45, 2.75) is 58.5 Å². The second kappa shape index (κ2) is 6.89. The van der Waals surface area contributed by atoms with Gasteiger partial charge in [-0.3, -0.25) is 9.59 Å². The number of nitrogens with one attached hydrogen (secondary N) is 1. The van der Waals surface area contributed by atoms with Crippen molar-refractivity contribution in [3.05, 3.63) is 0 Å². The third kappa shape index (κ3) is 6.05. The maximum absolute atomic E-state index is 11.8. The first-order valence-electron chi connectivity index (χ1n) is 6.97. The summed E-state index contributed by atoms with van der Waals surface area (Å²) in [6.07, 6.45) is 3.76. The number of hydrogen-bond donors (Lipinski definition) is 3. The normalized spacial score (nSPS) is 23.9. The van der Waals surface area contributed by atoms with Crippen molar-refractivity contribution in [3.63, 3.8) is 0 Å². The molecular formula is C14H25NO4. The molecule has 2 unspecified atom stereocenters. The van der Waals surface area contributed by atoms with Crippen LogP contribution in [0.4, 0.5) is 0 Å². The zero-order chi connectivity index (χ0) is 14.5. The Morgan fingerprint density at radius 2 is 1.84 bits per heavy atom. The molecule has 1 amide bonds.